The average molecular weight is 835 g/mol. The zero-order valence-corrected chi connectivity index (χ0v) is 36.2. The Bertz CT molecular complexity index is 3680. The average Bonchev–Trinajstić information content (AvgIpc) is 3.39. The number of rotatable bonds is 6. The monoisotopic (exact) mass is 834 g/mol. The Morgan fingerprint density at radius 2 is 0.364 bits per heavy atom. The summed E-state index contributed by atoms with van der Waals surface area (Å²) in [7, 11) is 0. The molecule has 0 heterocycles. The Labute approximate surface area is 384 Å². The molecule has 0 aliphatic rings. The maximum atomic E-state index is 2.38. The molecular weight excluding hydrogens is 793 g/mol. The van der Waals surface area contributed by atoms with E-state index in [-0.39, 0.29) is 0 Å². The lowest BCUT2D eigenvalue weighted by Gasteiger charge is -2.19. The van der Waals surface area contributed by atoms with Crippen molar-refractivity contribution in [2.75, 3.05) is 0 Å². The normalized spacial score (nSPS) is 11.6. The van der Waals surface area contributed by atoms with Gasteiger partial charge in [0.1, 0.15) is 0 Å². The number of hydrogen-bond donors (Lipinski definition) is 0. The second-order valence-corrected chi connectivity index (χ2v) is 17.5. The summed E-state index contributed by atoms with van der Waals surface area (Å²) in [4.78, 5) is 0. The van der Waals surface area contributed by atoms with Crippen molar-refractivity contribution in [3.63, 3.8) is 0 Å². The van der Waals surface area contributed by atoms with Crippen LogP contribution in [0.15, 0.2) is 255 Å². The SMILES string of the molecule is c1cc(-c2cccc(-c3c4ccccc4c(-c4ccc5ccccc5c4)c4ccccc34)c2)cc(-c2cccc(-c3c4ccccc4c(-c4ccc5ccccc5c4)c4ccccc34)c2)c1. The molecule has 13 rings (SSSR count). The van der Waals surface area contributed by atoms with Crippen molar-refractivity contribution in [1.29, 1.82) is 0 Å². The smallest absolute Gasteiger partial charge is 0.00262 e. The standard InChI is InChI=1S/C66H42/c1-3-18-45-39-53(36-34-43(45)16-1)65-59-30-9-5-26-55(59)63(56-27-6-10-31-60(56)65)51-24-14-22-49(41-51)47-20-13-21-48(38-47)50-23-15-25-52(42-50)64-57-28-7-11-32-61(57)66(62-33-12-8-29-58(62)64)54-37-35-44-17-2-4-19-46(44)40-54/h1-42H. The first-order valence-corrected chi connectivity index (χ1v) is 22.9. The molecule has 0 N–H and O–H groups in total. The fourth-order valence-corrected chi connectivity index (χ4v) is 10.8. The molecule has 0 spiro atoms. The molecule has 13 aromatic rings. The minimum Gasteiger partial charge on any atom is -0.0616 e. The van der Waals surface area contributed by atoms with Gasteiger partial charge < -0.3 is 0 Å². The summed E-state index contributed by atoms with van der Waals surface area (Å²) in [5, 5.41) is 15.1. The molecule has 0 saturated heterocycles. The highest BCUT2D eigenvalue weighted by Crippen LogP contribution is 2.47. The van der Waals surface area contributed by atoms with E-state index in [2.05, 4.69) is 255 Å². The molecular formula is C66H42. The van der Waals surface area contributed by atoms with Crippen molar-refractivity contribution < 1.29 is 0 Å². The molecule has 0 aliphatic carbocycles. The minimum absolute atomic E-state index is 1.19. The second-order valence-electron chi connectivity index (χ2n) is 17.5. The van der Waals surface area contributed by atoms with E-state index in [1.54, 1.807) is 0 Å². The predicted octanol–water partition coefficient (Wildman–Crippen LogP) is 18.6. The summed E-state index contributed by atoms with van der Waals surface area (Å²) in [6.45, 7) is 0. The third kappa shape index (κ3) is 6.30. The first kappa shape index (κ1) is 37.9. The summed E-state index contributed by atoms with van der Waals surface area (Å²) in [6, 6.07) is 94.1. The first-order chi connectivity index (χ1) is 32.7. The highest BCUT2D eigenvalue weighted by Gasteiger charge is 2.19. The van der Waals surface area contributed by atoms with Gasteiger partial charge in [-0.25, -0.2) is 0 Å². The van der Waals surface area contributed by atoms with Gasteiger partial charge in [0, 0.05) is 0 Å². The highest BCUT2D eigenvalue weighted by molar-refractivity contribution is 6.23. The van der Waals surface area contributed by atoms with E-state index in [1.807, 2.05) is 0 Å². The number of fused-ring (bicyclic) bond motifs is 6. The van der Waals surface area contributed by atoms with Gasteiger partial charge in [-0.1, -0.05) is 224 Å². The molecule has 0 amide bonds. The van der Waals surface area contributed by atoms with Crippen LogP contribution < -0.4 is 0 Å². The molecule has 0 nitrogen and oxygen atoms in total. The molecule has 66 heavy (non-hydrogen) atoms. The van der Waals surface area contributed by atoms with Gasteiger partial charge in [-0.15, -0.1) is 0 Å². The summed E-state index contributed by atoms with van der Waals surface area (Å²) >= 11 is 0. The molecule has 13 aromatic carbocycles. The van der Waals surface area contributed by atoms with Crippen molar-refractivity contribution in [2.45, 2.75) is 0 Å². The van der Waals surface area contributed by atoms with Crippen LogP contribution in [0.4, 0.5) is 0 Å². The first-order valence-electron chi connectivity index (χ1n) is 22.9. The molecule has 0 aromatic heterocycles. The van der Waals surface area contributed by atoms with Crippen molar-refractivity contribution in [3.8, 4) is 66.8 Å². The molecule has 0 bridgehead atoms. The van der Waals surface area contributed by atoms with Gasteiger partial charge >= 0.3 is 0 Å². The Morgan fingerprint density at radius 1 is 0.136 bits per heavy atom. The zero-order valence-electron chi connectivity index (χ0n) is 36.2. The summed E-state index contributed by atoms with van der Waals surface area (Å²) in [6.07, 6.45) is 0. The minimum atomic E-state index is 1.19. The van der Waals surface area contributed by atoms with Crippen LogP contribution >= 0.6 is 0 Å². The fraction of sp³-hybridized carbons (Fsp3) is 0. The van der Waals surface area contributed by atoms with E-state index in [0.717, 1.165) is 0 Å². The number of benzene rings is 13. The third-order valence-corrected chi connectivity index (χ3v) is 13.8. The van der Waals surface area contributed by atoms with Crippen molar-refractivity contribution in [2.24, 2.45) is 0 Å². The van der Waals surface area contributed by atoms with Gasteiger partial charge in [0.25, 0.3) is 0 Å². The Morgan fingerprint density at radius 3 is 0.667 bits per heavy atom. The van der Waals surface area contributed by atoms with Crippen LogP contribution in [0, 0.1) is 0 Å². The van der Waals surface area contributed by atoms with Crippen LogP contribution in [0.25, 0.3) is 131 Å². The van der Waals surface area contributed by atoms with Gasteiger partial charge in [0.2, 0.25) is 0 Å². The quantitative estimate of drug-likeness (QED) is 0.146. The largest absolute Gasteiger partial charge is 0.0616 e. The maximum Gasteiger partial charge on any atom is -0.00262 e. The predicted molar refractivity (Wildman–Crippen MR) is 284 cm³/mol. The highest BCUT2D eigenvalue weighted by atomic mass is 14.2. The number of hydrogen-bond acceptors (Lipinski definition) is 0. The van der Waals surface area contributed by atoms with Crippen LogP contribution in [0.3, 0.4) is 0 Å². The lowest BCUT2D eigenvalue weighted by Crippen LogP contribution is -1.92. The zero-order chi connectivity index (χ0) is 43.6. The van der Waals surface area contributed by atoms with E-state index < -0.39 is 0 Å². The Hall–Kier alpha value is -8.58. The van der Waals surface area contributed by atoms with Gasteiger partial charge in [-0.3, -0.25) is 0 Å². The van der Waals surface area contributed by atoms with Crippen molar-refractivity contribution in [1.82, 2.24) is 0 Å². The second kappa shape index (κ2) is 15.6. The lowest BCUT2D eigenvalue weighted by molar-refractivity contribution is 1.58. The molecule has 0 heteroatoms. The third-order valence-electron chi connectivity index (χ3n) is 13.8. The molecule has 0 unspecified atom stereocenters. The van der Waals surface area contributed by atoms with E-state index in [9.17, 15) is 0 Å². The van der Waals surface area contributed by atoms with Gasteiger partial charge in [-0.05, 0) is 162 Å². The molecule has 0 atom stereocenters. The topological polar surface area (TPSA) is 0 Å². The van der Waals surface area contributed by atoms with Crippen molar-refractivity contribution in [3.05, 3.63) is 255 Å². The molecule has 0 aliphatic heterocycles. The van der Waals surface area contributed by atoms with E-state index in [4.69, 9.17) is 0 Å². The van der Waals surface area contributed by atoms with E-state index in [1.165, 1.54) is 131 Å². The van der Waals surface area contributed by atoms with Crippen LogP contribution in [0.2, 0.25) is 0 Å². The molecule has 306 valence electrons. The van der Waals surface area contributed by atoms with Crippen LogP contribution in [-0.4, -0.2) is 0 Å². The fourth-order valence-electron chi connectivity index (χ4n) is 10.8. The van der Waals surface area contributed by atoms with Crippen LogP contribution in [0.1, 0.15) is 0 Å². The van der Waals surface area contributed by atoms with Gasteiger partial charge in [0.15, 0.2) is 0 Å². The Balaban J connectivity index is 0.919. The Kier molecular flexibility index (Phi) is 8.96. The van der Waals surface area contributed by atoms with E-state index in [0.29, 0.717) is 0 Å². The van der Waals surface area contributed by atoms with Crippen LogP contribution in [0.5, 0.6) is 0 Å². The molecule has 0 radical (unpaired) electrons. The van der Waals surface area contributed by atoms with Crippen LogP contribution in [-0.2, 0) is 0 Å². The van der Waals surface area contributed by atoms with Crippen molar-refractivity contribution >= 4 is 64.6 Å². The summed E-state index contributed by atoms with van der Waals surface area (Å²) in [5.74, 6) is 0. The molecule has 0 saturated carbocycles. The van der Waals surface area contributed by atoms with E-state index >= 15 is 0 Å². The summed E-state index contributed by atoms with van der Waals surface area (Å²) < 4.78 is 0. The van der Waals surface area contributed by atoms with Gasteiger partial charge in [-0.2, -0.15) is 0 Å². The van der Waals surface area contributed by atoms with Gasteiger partial charge in [0.05, 0.1) is 0 Å². The molecule has 0 fully saturated rings. The summed E-state index contributed by atoms with van der Waals surface area (Å²) in [5.41, 5.74) is 14.8. The lowest BCUT2D eigenvalue weighted by atomic mass is 9.84. The maximum absolute atomic E-state index is 2.38.